The van der Waals surface area contributed by atoms with Gasteiger partial charge in [0, 0.05) is 20.6 Å². The molecule has 0 atom stereocenters. The van der Waals surface area contributed by atoms with Gasteiger partial charge in [-0.25, -0.2) is 8.78 Å². The van der Waals surface area contributed by atoms with Crippen molar-refractivity contribution in [3.63, 3.8) is 0 Å². The average molecular weight is 411 g/mol. The summed E-state index contributed by atoms with van der Waals surface area (Å²) < 4.78 is 31.8. The number of halogens is 5. The lowest BCUT2D eigenvalue weighted by molar-refractivity contribution is -0.118. The first-order chi connectivity index (χ1) is 10.3. The maximum absolute atomic E-state index is 13.6. The number of ether oxygens (including phenoxy) is 1. The van der Waals surface area contributed by atoms with E-state index >= 15 is 0 Å². The number of rotatable bonds is 4. The largest absolute Gasteiger partial charge is 0.484 e. The monoisotopic (exact) mass is 409 g/mol. The van der Waals surface area contributed by atoms with Crippen LogP contribution in [0.2, 0.25) is 10.0 Å². The molecule has 0 unspecified atom stereocenters. The van der Waals surface area contributed by atoms with Crippen molar-refractivity contribution in [2.24, 2.45) is 0 Å². The smallest absolute Gasteiger partial charge is 0.262 e. The zero-order valence-electron chi connectivity index (χ0n) is 10.8. The van der Waals surface area contributed by atoms with Crippen LogP contribution in [0.5, 0.6) is 5.75 Å². The van der Waals surface area contributed by atoms with Gasteiger partial charge in [0.15, 0.2) is 12.4 Å². The molecular weight excluding hydrogens is 403 g/mol. The summed E-state index contributed by atoms with van der Waals surface area (Å²) in [6.07, 6.45) is 0. The molecular formula is C14H8BrCl2F2NO2. The van der Waals surface area contributed by atoms with Gasteiger partial charge in [0.05, 0.1) is 5.69 Å². The molecule has 0 saturated carbocycles. The standard InChI is InChI=1S/C14H8BrCl2F2NO2/c15-11-4-9(18)5-12(19)14(11)20-13(21)6-22-10-2-7(16)1-8(17)3-10/h1-5H,6H2,(H,20,21). The van der Waals surface area contributed by atoms with Crippen LogP contribution < -0.4 is 10.1 Å². The molecule has 0 fully saturated rings. The fraction of sp³-hybridized carbons (Fsp3) is 0.0714. The van der Waals surface area contributed by atoms with Crippen molar-refractivity contribution < 1.29 is 18.3 Å². The SMILES string of the molecule is O=C(COc1cc(Cl)cc(Cl)c1)Nc1c(F)cc(F)cc1Br. The molecule has 8 heteroatoms. The van der Waals surface area contributed by atoms with E-state index < -0.39 is 17.5 Å². The van der Waals surface area contributed by atoms with Crippen LogP contribution in [0.15, 0.2) is 34.8 Å². The van der Waals surface area contributed by atoms with Crippen molar-refractivity contribution in [2.45, 2.75) is 0 Å². The molecule has 1 amide bonds. The Morgan fingerprint density at radius 3 is 2.36 bits per heavy atom. The predicted octanol–water partition coefficient (Wildman–Crippen LogP) is 5.05. The minimum atomic E-state index is -0.897. The van der Waals surface area contributed by atoms with Gasteiger partial charge in [-0.1, -0.05) is 23.2 Å². The highest BCUT2D eigenvalue weighted by molar-refractivity contribution is 9.10. The number of benzene rings is 2. The van der Waals surface area contributed by atoms with Crippen LogP contribution in [0.25, 0.3) is 0 Å². The molecule has 0 saturated heterocycles. The van der Waals surface area contributed by atoms with Gasteiger partial charge in [-0.15, -0.1) is 0 Å². The first-order valence-electron chi connectivity index (χ1n) is 5.88. The minimum absolute atomic E-state index is 0.0872. The minimum Gasteiger partial charge on any atom is -0.484 e. The first-order valence-corrected chi connectivity index (χ1v) is 7.43. The van der Waals surface area contributed by atoms with E-state index in [1.54, 1.807) is 0 Å². The van der Waals surface area contributed by atoms with Crippen molar-refractivity contribution in [1.29, 1.82) is 0 Å². The average Bonchev–Trinajstić information content (AvgIpc) is 2.39. The molecule has 0 bridgehead atoms. The van der Waals surface area contributed by atoms with Gasteiger partial charge in [0.25, 0.3) is 5.91 Å². The maximum atomic E-state index is 13.6. The summed E-state index contributed by atoms with van der Waals surface area (Å²) in [7, 11) is 0. The molecule has 0 heterocycles. The van der Waals surface area contributed by atoms with E-state index in [0.29, 0.717) is 21.9 Å². The normalized spacial score (nSPS) is 10.4. The van der Waals surface area contributed by atoms with Gasteiger partial charge in [0.1, 0.15) is 11.6 Å². The number of anilines is 1. The summed E-state index contributed by atoms with van der Waals surface area (Å²) in [5.74, 6) is -1.98. The van der Waals surface area contributed by atoms with Crippen molar-refractivity contribution in [3.05, 3.63) is 56.5 Å². The van der Waals surface area contributed by atoms with Crippen molar-refractivity contribution in [2.75, 3.05) is 11.9 Å². The van der Waals surface area contributed by atoms with Gasteiger partial charge < -0.3 is 10.1 Å². The molecule has 3 nitrogen and oxygen atoms in total. The molecule has 116 valence electrons. The molecule has 0 spiro atoms. The quantitative estimate of drug-likeness (QED) is 0.765. The Labute approximate surface area is 143 Å². The third-order valence-corrected chi connectivity index (χ3v) is 3.54. The maximum Gasteiger partial charge on any atom is 0.262 e. The van der Waals surface area contributed by atoms with Gasteiger partial charge in [-0.3, -0.25) is 4.79 Å². The van der Waals surface area contributed by atoms with E-state index in [-0.39, 0.29) is 16.8 Å². The van der Waals surface area contributed by atoms with Gasteiger partial charge in [0.2, 0.25) is 0 Å². The summed E-state index contributed by atoms with van der Waals surface area (Å²) in [6, 6.07) is 6.18. The molecule has 0 aliphatic rings. The number of hydrogen-bond acceptors (Lipinski definition) is 2. The number of nitrogens with one attached hydrogen (secondary N) is 1. The summed E-state index contributed by atoms with van der Waals surface area (Å²) >= 11 is 14.6. The first kappa shape index (κ1) is 17.0. The Kier molecular flexibility index (Phi) is 5.61. The lowest BCUT2D eigenvalue weighted by Gasteiger charge is -2.10. The second-order valence-corrected chi connectivity index (χ2v) is 5.91. The van der Waals surface area contributed by atoms with Gasteiger partial charge >= 0.3 is 0 Å². The Morgan fingerprint density at radius 2 is 1.77 bits per heavy atom. The molecule has 2 aromatic carbocycles. The van der Waals surface area contributed by atoms with E-state index in [0.717, 1.165) is 6.07 Å². The van der Waals surface area contributed by atoms with Gasteiger partial charge in [-0.05, 0) is 40.2 Å². The van der Waals surface area contributed by atoms with Crippen LogP contribution in [0, 0.1) is 11.6 Å². The van der Waals surface area contributed by atoms with Crippen molar-refractivity contribution in [3.8, 4) is 5.75 Å². The number of carbonyl (C=O) groups excluding carboxylic acids is 1. The highest BCUT2D eigenvalue weighted by Crippen LogP contribution is 2.27. The molecule has 1 N–H and O–H groups in total. The van der Waals surface area contributed by atoms with Crippen LogP contribution >= 0.6 is 39.1 Å². The highest BCUT2D eigenvalue weighted by atomic mass is 79.9. The zero-order valence-corrected chi connectivity index (χ0v) is 13.9. The van der Waals surface area contributed by atoms with E-state index in [9.17, 15) is 13.6 Å². The third kappa shape index (κ3) is 4.56. The Bertz CT molecular complexity index is 685. The molecule has 0 aliphatic heterocycles. The molecule has 22 heavy (non-hydrogen) atoms. The fourth-order valence-corrected chi connectivity index (χ4v) is 2.61. The van der Waals surface area contributed by atoms with E-state index in [2.05, 4.69) is 21.2 Å². The Morgan fingerprint density at radius 1 is 1.14 bits per heavy atom. The molecule has 2 aromatic rings. The van der Waals surface area contributed by atoms with Crippen LogP contribution in [0.3, 0.4) is 0 Å². The van der Waals surface area contributed by atoms with Crippen LogP contribution in [0.1, 0.15) is 0 Å². The lowest BCUT2D eigenvalue weighted by Crippen LogP contribution is -2.21. The predicted molar refractivity (Wildman–Crippen MR) is 84.6 cm³/mol. The lowest BCUT2D eigenvalue weighted by atomic mass is 10.3. The second-order valence-electron chi connectivity index (χ2n) is 4.19. The highest BCUT2D eigenvalue weighted by Gasteiger charge is 2.13. The van der Waals surface area contributed by atoms with Crippen LogP contribution in [-0.4, -0.2) is 12.5 Å². The topological polar surface area (TPSA) is 38.3 Å². The summed E-state index contributed by atoms with van der Waals surface area (Å²) in [4.78, 5) is 11.8. The van der Waals surface area contributed by atoms with Crippen LogP contribution in [0.4, 0.5) is 14.5 Å². The van der Waals surface area contributed by atoms with E-state index in [4.69, 9.17) is 27.9 Å². The second kappa shape index (κ2) is 7.26. The number of amides is 1. The molecule has 2 rings (SSSR count). The van der Waals surface area contributed by atoms with E-state index in [1.165, 1.54) is 18.2 Å². The fourth-order valence-electron chi connectivity index (χ4n) is 1.60. The Hall–Kier alpha value is -1.37. The molecule has 0 radical (unpaired) electrons. The van der Waals surface area contributed by atoms with Gasteiger partial charge in [-0.2, -0.15) is 0 Å². The van der Waals surface area contributed by atoms with Crippen molar-refractivity contribution >= 4 is 50.7 Å². The third-order valence-electron chi connectivity index (χ3n) is 2.48. The molecule has 0 aromatic heterocycles. The zero-order chi connectivity index (χ0) is 16.3. The van der Waals surface area contributed by atoms with Crippen LogP contribution in [-0.2, 0) is 4.79 Å². The number of carbonyl (C=O) groups is 1. The number of hydrogen-bond donors (Lipinski definition) is 1. The summed E-state index contributed by atoms with van der Waals surface area (Å²) in [5, 5.41) is 3.00. The Balaban J connectivity index is 2.02. The van der Waals surface area contributed by atoms with Crippen molar-refractivity contribution in [1.82, 2.24) is 0 Å². The summed E-state index contributed by atoms with van der Waals surface area (Å²) in [6.45, 7) is -0.389. The molecule has 0 aliphatic carbocycles. The van der Waals surface area contributed by atoms with E-state index in [1.807, 2.05) is 0 Å². The summed E-state index contributed by atoms with van der Waals surface area (Å²) in [5.41, 5.74) is -0.167.